The van der Waals surface area contributed by atoms with Gasteiger partial charge in [0.05, 0.1) is 6.61 Å². The minimum Gasteiger partial charge on any atom is -0.394 e. The Hall–Kier alpha value is -0.120. The van der Waals surface area contributed by atoms with Crippen molar-refractivity contribution < 1.29 is 5.11 Å². The molecule has 3 atom stereocenters. The van der Waals surface area contributed by atoms with E-state index < -0.39 is 0 Å². The second-order valence-corrected chi connectivity index (χ2v) is 7.08. The van der Waals surface area contributed by atoms with Crippen LogP contribution in [0.4, 0.5) is 0 Å². The fourth-order valence-electron chi connectivity index (χ4n) is 3.51. The lowest BCUT2D eigenvalue weighted by molar-refractivity contribution is 0.106. The molecule has 1 saturated carbocycles. The van der Waals surface area contributed by atoms with Crippen LogP contribution in [0.5, 0.6) is 0 Å². The molecule has 1 rings (SSSR count). The zero-order chi connectivity index (χ0) is 15.2. The van der Waals surface area contributed by atoms with Gasteiger partial charge in [-0.05, 0) is 64.6 Å². The van der Waals surface area contributed by atoms with E-state index in [1.165, 1.54) is 19.3 Å². The summed E-state index contributed by atoms with van der Waals surface area (Å²) in [4.78, 5) is 2.48. The topological polar surface area (TPSA) is 35.5 Å². The summed E-state index contributed by atoms with van der Waals surface area (Å²) in [5, 5.41) is 13.6. The standard InChI is InChI=1S/C17H36N2O/c1-6-11-18-17(13-20)10-7-8-16(17)9-12-19(5)15(4)14(2)3/h14-16,18,20H,6-13H2,1-5H3. The van der Waals surface area contributed by atoms with Crippen LogP contribution in [-0.2, 0) is 0 Å². The molecule has 3 unspecified atom stereocenters. The molecule has 0 saturated heterocycles. The molecule has 1 aliphatic carbocycles. The van der Waals surface area contributed by atoms with Crippen molar-refractivity contribution in [1.29, 1.82) is 0 Å². The smallest absolute Gasteiger partial charge is 0.0616 e. The summed E-state index contributed by atoms with van der Waals surface area (Å²) in [5.41, 5.74) is -0.00206. The van der Waals surface area contributed by atoms with Gasteiger partial charge in [0.25, 0.3) is 0 Å². The fraction of sp³-hybridized carbons (Fsp3) is 1.00. The first-order valence-electron chi connectivity index (χ1n) is 8.53. The van der Waals surface area contributed by atoms with Crippen LogP contribution in [0.25, 0.3) is 0 Å². The van der Waals surface area contributed by atoms with Crippen LogP contribution in [0.15, 0.2) is 0 Å². The van der Waals surface area contributed by atoms with Gasteiger partial charge in [0.15, 0.2) is 0 Å². The lowest BCUT2D eigenvalue weighted by Crippen LogP contribution is -2.52. The van der Waals surface area contributed by atoms with Gasteiger partial charge in [-0.25, -0.2) is 0 Å². The third kappa shape index (κ3) is 4.44. The van der Waals surface area contributed by atoms with Gasteiger partial charge < -0.3 is 15.3 Å². The van der Waals surface area contributed by atoms with Gasteiger partial charge in [-0.15, -0.1) is 0 Å². The summed E-state index contributed by atoms with van der Waals surface area (Å²) in [7, 11) is 2.24. The lowest BCUT2D eigenvalue weighted by atomic mass is 9.84. The number of rotatable bonds is 9. The molecule has 2 N–H and O–H groups in total. The maximum absolute atomic E-state index is 9.90. The molecule has 0 bridgehead atoms. The van der Waals surface area contributed by atoms with Crippen molar-refractivity contribution in [3.8, 4) is 0 Å². The van der Waals surface area contributed by atoms with Crippen LogP contribution >= 0.6 is 0 Å². The number of nitrogens with zero attached hydrogens (tertiary/aromatic N) is 1. The van der Waals surface area contributed by atoms with E-state index in [1.54, 1.807) is 0 Å². The quantitative estimate of drug-likeness (QED) is 0.683. The minimum absolute atomic E-state index is 0.00206. The van der Waals surface area contributed by atoms with Crippen molar-refractivity contribution in [3.63, 3.8) is 0 Å². The van der Waals surface area contributed by atoms with E-state index in [4.69, 9.17) is 0 Å². The Bertz CT molecular complexity index is 270. The average Bonchev–Trinajstić information content (AvgIpc) is 2.84. The second-order valence-electron chi connectivity index (χ2n) is 7.08. The Kier molecular flexibility index (Phi) is 7.49. The zero-order valence-corrected chi connectivity index (χ0v) is 14.3. The Balaban J connectivity index is 2.52. The van der Waals surface area contributed by atoms with E-state index >= 15 is 0 Å². The van der Waals surface area contributed by atoms with Gasteiger partial charge in [0.1, 0.15) is 0 Å². The molecule has 0 heterocycles. The highest BCUT2D eigenvalue weighted by atomic mass is 16.3. The SMILES string of the molecule is CCCNC1(CO)CCCC1CCN(C)C(C)C(C)C. The van der Waals surface area contributed by atoms with E-state index in [0.29, 0.717) is 24.5 Å². The van der Waals surface area contributed by atoms with E-state index in [1.807, 2.05) is 0 Å². The van der Waals surface area contributed by atoms with Crippen LogP contribution in [0.1, 0.15) is 59.8 Å². The van der Waals surface area contributed by atoms with Crippen LogP contribution in [0, 0.1) is 11.8 Å². The molecule has 0 aromatic carbocycles. The largest absolute Gasteiger partial charge is 0.394 e. The fourth-order valence-corrected chi connectivity index (χ4v) is 3.51. The molecule has 0 aromatic heterocycles. The molecule has 3 heteroatoms. The molecular formula is C17H36N2O. The molecule has 1 aliphatic rings. The van der Waals surface area contributed by atoms with Crippen LogP contribution in [0.3, 0.4) is 0 Å². The van der Waals surface area contributed by atoms with Crippen molar-refractivity contribution in [2.45, 2.75) is 71.4 Å². The molecule has 1 fully saturated rings. The third-order valence-electron chi connectivity index (χ3n) is 5.46. The Labute approximate surface area is 126 Å². The third-order valence-corrected chi connectivity index (χ3v) is 5.46. The molecule has 20 heavy (non-hydrogen) atoms. The first-order chi connectivity index (χ1) is 9.46. The predicted molar refractivity (Wildman–Crippen MR) is 87.0 cm³/mol. The maximum Gasteiger partial charge on any atom is 0.0616 e. The summed E-state index contributed by atoms with van der Waals surface area (Å²) < 4.78 is 0. The molecule has 0 radical (unpaired) electrons. The average molecular weight is 284 g/mol. The summed E-state index contributed by atoms with van der Waals surface area (Å²) in [6.07, 6.45) is 5.99. The minimum atomic E-state index is -0.00206. The van der Waals surface area contributed by atoms with Crippen molar-refractivity contribution in [2.24, 2.45) is 11.8 Å². The van der Waals surface area contributed by atoms with Crippen LogP contribution < -0.4 is 5.32 Å². The number of hydrogen-bond donors (Lipinski definition) is 2. The monoisotopic (exact) mass is 284 g/mol. The van der Waals surface area contributed by atoms with E-state index in [2.05, 4.69) is 45.0 Å². The van der Waals surface area contributed by atoms with Gasteiger partial charge in [-0.1, -0.05) is 27.2 Å². The van der Waals surface area contributed by atoms with Crippen LogP contribution in [0.2, 0.25) is 0 Å². The Morgan fingerprint density at radius 1 is 1.35 bits per heavy atom. The summed E-state index contributed by atoms with van der Waals surface area (Å²) >= 11 is 0. The Morgan fingerprint density at radius 3 is 2.60 bits per heavy atom. The molecular weight excluding hydrogens is 248 g/mol. The number of aliphatic hydroxyl groups is 1. The molecule has 0 aromatic rings. The maximum atomic E-state index is 9.90. The summed E-state index contributed by atoms with van der Waals surface area (Å²) in [5.74, 6) is 1.32. The Morgan fingerprint density at radius 2 is 2.05 bits per heavy atom. The molecule has 0 spiro atoms. The van der Waals surface area contributed by atoms with E-state index in [9.17, 15) is 5.11 Å². The van der Waals surface area contributed by atoms with Crippen molar-refractivity contribution in [2.75, 3.05) is 26.7 Å². The molecule has 0 amide bonds. The van der Waals surface area contributed by atoms with Crippen molar-refractivity contribution >= 4 is 0 Å². The van der Waals surface area contributed by atoms with Crippen LogP contribution in [-0.4, -0.2) is 48.3 Å². The number of aliphatic hydroxyl groups excluding tert-OH is 1. The van der Waals surface area contributed by atoms with E-state index in [0.717, 1.165) is 25.9 Å². The molecule has 0 aliphatic heterocycles. The predicted octanol–water partition coefficient (Wildman–Crippen LogP) is 2.88. The summed E-state index contributed by atoms with van der Waals surface area (Å²) in [6, 6.07) is 0.628. The van der Waals surface area contributed by atoms with Gasteiger partial charge in [0, 0.05) is 11.6 Å². The first-order valence-corrected chi connectivity index (χ1v) is 8.53. The van der Waals surface area contributed by atoms with Gasteiger partial charge in [-0.2, -0.15) is 0 Å². The zero-order valence-electron chi connectivity index (χ0n) is 14.3. The van der Waals surface area contributed by atoms with Gasteiger partial charge in [0.2, 0.25) is 0 Å². The highest BCUT2D eigenvalue weighted by molar-refractivity contribution is 4.99. The van der Waals surface area contributed by atoms with Crippen molar-refractivity contribution in [3.05, 3.63) is 0 Å². The van der Waals surface area contributed by atoms with E-state index in [-0.39, 0.29) is 5.54 Å². The number of hydrogen-bond acceptors (Lipinski definition) is 3. The number of nitrogens with one attached hydrogen (secondary N) is 1. The van der Waals surface area contributed by atoms with Crippen molar-refractivity contribution in [1.82, 2.24) is 10.2 Å². The normalized spacial score (nSPS) is 28.5. The molecule has 120 valence electrons. The second kappa shape index (κ2) is 8.35. The highest BCUT2D eigenvalue weighted by Gasteiger charge is 2.41. The van der Waals surface area contributed by atoms with Gasteiger partial charge >= 0.3 is 0 Å². The summed E-state index contributed by atoms with van der Waals surface area (Å²) in [6.45, 7) is 11.5. The molecule has 3 nitrogen and oxygen atoms in total. The highest BCUT2D eigenvalue weighted by Crippen LogP contribution is 2.38. The lowest BCUT2D eigenvalue weighted by Gasteiger charge is -2.37. The first kappa shape index (κ1) is 17.9. The van der Waals surface area contributed by atoms with Gasteiger partial charge in [-0.3, -0.25) is 0 Å².